The number of aryl methyl sites for hydroxylation is 2. The van der Waals surface area contributed by atoms with Crippen LogP contribution in [-0.2, 0) is 6.54 Å². The topological polar surface area (TPSA) is 37.3 Å². The van der Waals surface area contributed by atoms with Gasteiger partial charge in [0.1, 0.15) is 0 Å². The first-order chi connectivity index (χ1) is 13.1. The van der Waals surface area contributed by atoms with Crippen molar-refractivity contribution >= 4 is 6.21 Å². The Morgan fingerprint density at radius 3 is 2.33 bits per heavy atom. The number of hydrazone groups is 1. The second-order valence-electron chi connectivity index (χ2n) is 7.02. The molecule has 1 aliphatic heterocycles. The third-order valence-electron chi connectivity index (χ3n) is 5.02. The maximum absolute atomic E-state index is 5.35. The number of nitrogens with zero attached hydrogens (tertiary/aromatic N) is 3. The Balaban J connectivity index is 1.54. The van der Waals surface area contributed by atoms with Gasteiger partial charge >= 0.3 is 0 Å². The predicted molar refractivity (Wildman–Crippen MR) is 110 cm³/mol. The van der Waals surface area contributed by atoms with Gasteiger partial charge in [-0.1, -0.05) is 23.8 Å². The fourth-order valence-corrected chi connectivity index (χ4v) is 3.36. The lowest BCUT2D eigenvalue weighted by Crippen LogP contribution is -2.43. The van der Waals surface area contributed by atoms with Crippen molar-refractivity contribution in [2.24, 2.45) is 5.10 Å². The fourth-order valence-electron chi connectivity index (χ4n) is 3.36. The van der Waals surface area contributed by atoms with E-state index in [-0.39, 0.29) is 0 Å². The molecule has 0 amide bonds. The molecule has 0 radical (unpaired) electrons. The Labute approximate surface area is 162 Å². The van der Waals surface area contributed by atoms with Crippen LogP contribution in [0, 0.1) is 13.8 Å². The van der Waals surface area contributed by atoms with Gasteiger partial charge in [0.05, 0.1) is 20.4 Å². The first-order valence-corrected chi connectivity index (χ1v) is 9.38. The Morgan fingerprint density at radius 1 is 0.926 bits per heavy atom. The smallest absolute Gasteiger partial charge is 0.161 e. The van der Waals surface area contributed by atoms with E-state index in [1.54, 1.807) is 14.2 Å². The van der Waals surface area contributed by atoms with Crippen molar-refractivity contribution in [2.75, 3.05) is 40.4 Å². The fraction of sp³-hybridized carbons (Fsp3) is 0.409. The van der Waals surface area contributed by atoms with Crippen molar-refractivity contribution in [3.8, 4) is 11.5 Å². The van der Waals surface area contributed by atoms with E-state index in [9.17, 15) is 0 Å². The average Bonchev–Trinajstić information content (AvgIpc) is 2.69. The third-order valence-corrected chi connectivity index (χ3v) is 5.02. The van der Waals surface area contributed by atoms with Crippen molar-refractivity contribution in [3.05, 3.63) is 58.7 Å². The summed E-state index contributed by atoms with van der Waals surface area (Å²) < 4.78 is 10.6. The second kappa shape index (κ2) is 8.91. The van der Waals surface area contributed by atoms with E-state index in [2.05, 4.69) is 47.1 Å². The molecule has 0 aliphatic carbocycles. The number of benzene rings is 2. The van der Waals surface area contributed by atoms with Crippen LogP contribution >= 0.6 is 0 Å². The molecule has 2 aromatic carbocycles. The summed E-state index contributed by atoms with van der Waals surface area (Å²) >= 11 is 0. The van der Waals surface area contributed by atoms with Crippen molar-refractivity contribution in [1.82, 2.24) is 9.91 Å². The molecule has 0 aromatic heterocycles. The Kier molecular flexibility index (Phi) is 6.35. The zero-order valence-corrected chi connectivity index (χ0v) is 16.7. The zero-order valence-electron chi connectivity index (χ0n) is 16.7. The summed E-state index contributed by atoms with van der Waals surface area (Å²) in [5.74, 6) is 1.45. The van der Waals surface area contributed by atoms with E-state index in [1.807, 2.05) is 24.4 Å². The molecule has 2 aromatic rings. The average molecular weight is 367 g/mol. The normalized spacial score (nSPS) is 15.3. The van der Waals surface area contributed by atoms with Crippen LogP contribution in [0.4, 0.5) is 0 Å². The van der Waals surface area contributed by atoms with Crippen LogP contribution in [0.3, 0.4) is 0 Å². The van der Waals surface area contributed by atoms with Gasteiger partial charge in [-0.25, -0.2) is 0 Å². The quantitative estimate of drug-likeness (QED) is 0.733. The minimum absolute atomic E-state index is 0.722. The van der Waals surface area contributed by atoms with Crippen LogP contribution in [0.1, 0.15) is 22.3 Å². The van der Waals surface area contributed by atoms with E-state index < -0.39 is 0 Å². The Bertz CT molecular complexity index is 796. The lowest BCUT2D eigenvalue weighted by molar-refractivity contribution is 0.131. The molecule has 1 fully saturated rings. The van der Waals surface area contributed by atoms with Gasteiger partial charge in [-0.2, -0.15) is 5.10 Å². The molecular weight excluding hydrogens is 338 g/mol. The maximum atomic E-state index is 5.35. The number of ether oxygens (including phenoxy) is 2. The largest absolute Gasteiger partial charge is 0.493 e. The Hall–Kier alpha value is -2.53. The third kappa shape index (κ3) is 5.01. The summed E-state index contributed by atoms with van der Waals surface area (Å²) in [7, 11) is 3.29. The molecule has 5 nitrogen and oxygen atoms in total. The van der Waals surface area contributed by atoms with Crippen LogP contribution in [0.5, 0.6) is 11.5 Å². The molecule has 144 valence electrons. The number of hydrogen-bond donors (Lipinski definition) is 0. The van der Waals surface area contributed by atoms with Gasteiger partial charge in [0.2, 0.25) is 0 Å². The first kappa shape index (κ1) is 19.2. The predicted octanol–water partition coefficient (Wildman–Crippen LogP) is 3.47. The van der Waals surface area contributed by atoms with E-state index in [0.29, 0.717) is 0 Å². The van der Waals surface area contributed by atoms with Gasteiger partial charge < -0.3 is 9.47 Å². The summed E-state index contributed by atoms with van der Waals surface area (Å²) in [6.45, 7) is 9.29. The molecule has 0 bridgehead atoms. The lowest BCUT2D eigenvalue weighted by Gasteiger charge is -2.33. The molecule has 0 unspecified atom stereocenters. The second-order valence-corrected chi connectivity index (χ2v) is 7.02. The molecule has 0 saturated carbocycles. The molecule has 1 saturated heterocycles. The molecule has 5 heteroatoms. The van der Waals surface area contributed by atoms with Crippen LogP contribution < -0.4 is 9.47 Å². The number of rotatable bonds is 6. The van der Waals surface area contributed by atoms with Gasteiger partial charge in [0.25, 0.3) is 0 Å². The van der Waals surface area contributed by atoms with E-state index in [0.717, 1.165) is 49.8 Å². The van der Waals surface area contributed by atoms with Crippen LogP contribution in [0.2, 0.25) is 0 Å². The zero-order chi connectivity index (χ0) is 19.2. The van der Waals surface area contributed by atoms with E-state index >= 15 is 0 Å². The van der Waals surface area contributed by atoms with Crippen LogP contribution in [-0.4, -0.2) is 56.5 Å². The summed E-state index contributed by atoms with van der Waals surface area (Å²) in [6.07, 6.45) is 1.89. The molecule has 1 aliphatic rings. The minimum atomic E-state index is 0.722. The minimum Gasteiger partial charge on any atom is -0.493 e. The maximum Gasteiger partial charge on any atom is 0.161 e. The molecule has 27 heavy (non-hydrogen) atoms. The van der Waals surface area contributed by atoms with Crippen LogP contribution in [0.25, 0.3) is 0 Å². The van der Waals surface area contributed by atoms with Gasteiger partial charge in [-0.3, -0.25) is 9.91 Å². The highest BCUT2D eigenvalue weighted by Crippen LogP contribution is 2.27. The number of piperazine rings is 1. The van der Waals surface area contributed by atoms with Crippen molar-refractivity contribution < 1.29 is 9.47 Å². The molecule has 0 N–H and O–H groups in total. The highest BCUT2D eigenvalue weighted by molar-refractivity contribution is 5.80. The standard InChI is InChI=1S/C22H29N3O2/c1-17-5-7-20(18(2)13-17)16-24-9-11-25(12-10-24)23-15-19-6-8-21(26-3)22(14-19)27-4/h5-8,13-15H,9-12,16H2,1-4H3. The van der Waals surface area contributed by atoms with Crippen molar-refractivity contribution in [1.29, 1.82) is 0 Å². The first-order valence-electron chi connectivity index (χ1n) is 9.38. The van der Waals surface area contributed by atoms with Gasteiger partial charge in [0, 0.05) is 32.7 Å². The number of methoxy groups -OCH3 is 2. The van der Waals surface area contributed by atoms with Gasteiger partial charge in [0.15, 0.2) is 11.5 Å². The Morgan fingerprint density at radius 2 is 1.67 bits per heavy atom. The van der Waals surface area contributed by atoms with E-state index in [4.69, 9.17) is 9.47 Å². The molecular formula is C22H29N3O2. The lowest BCUT2D eigenvalue weighted by atomic mass is 10.1. The molecule has 3 rings (SSSR count). The summed E-state index contributed by atoms with van der Waals surface area (Å²) in [6, 6.07) is 12.6. The van der Waals surface area contributed by atoms with E-state index in [1.165, 1.54) is 16.7 Å². The summed E-state index contributed by atoms with van der Waals surface area (Å²) in [4.78, 5) is 2.50. The molecule has 0 spiro atoms. The van der Waals surface area contributed by atoms with Gasteiger partial charge in [-0.05, 0) is 48.7 Å². The SMILES string of the molecule is COc1ccc(C=NN2CCN(Cc3ccc(C)cc3C)CC2)cc1OC. The summed E-state index contributed by atoms with van der Waals surface area (Å²) in [5, 5.41) is 6.77. The van der Waals surface area contributed by atoms with Crippen LogP contribution in [0.15, 0.2) is 41.5 Å². The van der Waals surface area contributed by atoms with Crippen molar-refractivity contribution in [2.45, 2.75) is 20.4 Å². The van der Waals surface area contributed by atoms with Gasteiger partial charge in [-0.15, -0.1) is 0 Å². The molecule has 1 heterocycles. The summed E-state index contributed by atoms with van der Waals surface area (Å²) in [5.41, 5.74) is 5.13. The van der Waals surface area contributed by atoms with Crippen molar-refractivity contribution in [3.63, 3.8) is 0 Å². The highest BCUT2D eigenvalue weighted by atomic mass is 16.5. The molecule has 0 atom stereocenters. The highest BCUT2D eigenvalue weighted by Gasteiger charge is 2.16. The monoisotopic (exact) mass is 367 g/mol. The number of hydrogen-bond acceptors (Lipinski definition) is 5.